The Kier molecular flexibility index (Phi) is 4.42. The van der Waals surface area contributed by atoms with E-state index in [2.05, 4.69) is 20.7 Å². The van der Waals surface area contributed by atoms with Gasteiger partial charge < -0.3 is 5.73 Å². The molecule has 0 aliphatic rings. The second-order valence-electron chi connectivity index (χ2n) is 4.13. The van der Waals surface area contributed by atoms with Crippen molar-refractivity contribution in [2.24, 2.45) is 0 Å². The van der Waals surface area contributed by atoms with Crippen molar-refractivity contribution < 1.29 is 12.8 Å². The molecule has 0 fully saturated rings. The summed E-state index contributed by atoms with van der Waals surface area (Å²) in [7, 11) is -3.65. The van der Waals surface area contributed by atoms with Crippen LogP contribution in [-0.2, 0) is 16.6 Å². The molecule has 2 aromatic carbocycles. The van der Waals surface area contributed by atoms with Crippen LogP contribution in [0.3, 0.4) is 0 Å². The zero-order valence-corrected chi connectivity index (χ0v) is 12.7. The Hall–Kier alpha value is -1.44. The summed E-state index contributed by atoms with van der Waals surface area (Å²) in [6.45, 7) is -0.00888. The number of rotatable bonds is 4. The Morgan fingerprint density at radius 3 is 2.45 bits per heavy atom. The quantitative estimate of drug-likeness (QED) is 0.825. The summed E-state index contributed by atoms with van der Waals surface area (Å²) in [6.07, 6.45) is 0. The molecule has 2 rings (SSSR count). The van der Waals surface area contributed by atoms with Gasteiger partial charge >= 0.3 is 0 Å². The predicted octanol–water partition coefficient (Wildman–Crippen LogP) is 2.65. The van der Waals surface area contributed by atoms with Gasteiger partial charge in [0.05, 0.1) is 4.90 Å². The maximum Gasteiger partial charge on any atom is 0.240 e. The van der Waals surface area contributed by atoms with Crippen molar-refractivity contribution in [2.75, 3.05) is 5.73 Å². The molecule has 0 aliphatic heterocycles. The Bertz CT molecular complexity index is 718. The van der Waals surface area contributed by atoms with Crippen LogP contribution < -0.4 is 10.5 Å². The Morgan fingerprint density at radius 1 is 1.15 bits per heavy atom. The van der Waals surface area contributed by atoms with Crippen molar-refractivity contribution in [3.63, 3.8) is 0 Å². The first-order valence-corrected chi connectivity index (χ1v) is 7.95. The molecular weight excluding hydrogens is 347 g/mol. The zero-order valence-electron chi connectivity index (χ0n) is 10.3. The molecule has 0 bridgehead atoms. The van der Waals surface area contributed by atoms with Gasteiger partial charge in [0.1, 0.15) is 5.82 Å². The molecule has 0 saturated heterocycles. The molecule has 0 aliphatic carbocycles. The van der Waals surface area contributed by atoms with E-state index >= 15 is 0 Å². The van der Waals surface area contributed by atoms with Gasteiger partial charge in [0.15, 0.2) is 0 Å². The number of hydrogen-bond acceptors (Lipinski definition) is 3. The highest BCUT2D eigenvalue weighted by molar-refractivity contribution is 9.10. The van der Waals surface area contributed by atoms with Crippen LogP contribution >= 0.6 is 15.9 Å². The van der Waals surface area contributed by atoms with Gasteiger partial charge in [0, 0.05) is 16.7 Å². The SMILES string of the molecule is Nc1ccc(S(=O)(=O)NCc2cc(F)ccc2Br)cc1. The van der Waals surface area contributed by atoms with Crippen LogP contribution in [0.15, 0.2) is 51.8 Å². The normalized spacial score (nSPS) is 11.5. The summed E-state index contributed by atoms with van der Waals surface area (Å²) >= 11 is 3.25. The number of hydrogen-bond donors (Lipinski definition) is 2. The molecule has 106 valence electrons. The maximum atomic E-state index is 13.1. The second kappa shape index (κ2) is 5.90. The highest BCUT2D eigenvalue weighted by Crippen LogP contribution is 2.19. The largest absolute Gasteiger partial charge is 0.399 e. The minimum Gasteiger partial charge on any atom is -0.399 e. The van der Waals surface area contributed by atoms with E-state index in [1.54, 1.807) is 0 Å². The van der Waals surface area contributed by atoms with E-state index < -0.39 is 15.8 Å². The Balaban J connectivity index is 2.17. The molecule has 0 unspecified atom stereocenters. The van der Waals surface area contributed by atoms with Gasteiger partial charge in [-0.2, -0.15) is 0 Å². The van der Waals surface area contributed by atoms with Gasteiger partial charge in [0.25, 0.3) is 0 Å². The van der Waals surface area contributed by atoms with Gasteiger partial charge in [-0.15, -0.1) is 0 Å². The van der Waals surface area contributed by atoms with Crippen LogP contribution in [-0.4, -0.2) is 8.42 Å². The van der Waals surface area contributed by atoms with Crippen molar-refractivity contribution >= 4 is 31.6 Å². The van der Waals surface area contributed by atoms with Crippen molar-refractivity contribution in [1.29, 1.82) is 0 Å². The molecule has 3 N–H and O–H groups in total. The third-order valence-corrected chi connectivity index (χ3v) is 4.84. The smallest absolute Gasteiger partial charge is 0.240 e. The minimum absolute atomic E-state index is 0.00888. The zero-order chi connectivity index (χ0) is 14.8. The average molecular weight is 359 g/mol. The summed E-state index contributed by atoms with van der Waals surface area (Å²) in [5, 5.41) is 0. The lowest BCUT2D eigenvalue weighted by Gasteiger charge is -2.08. The first kappa shape index (κ1) is 15.0. The summed E-state index contributed by atoms with van der Waals surface area (Å²) < 4.78 is 40.3. The van der Waals surface area contributed by atoms with Crippen molar-refractivity contribution in [1.82, 2.24) is 4.72 Å². The molecule has 7 heteroatoms. The number of nitrogens with one attached hydrogen (secondary N) is 1. The second-order valence-corrected chi connectivity index (χ2v) is 6.75. The van der Waals surface area contributed by atoms with Gasteiger partial charge in [-0.3, -0.25) is 0 Å². The molecule has 4 nitrogen and oxygen atoms in total. The van der Waals surface area contributed by atoms with Gasteiger partial charge in [-0.25, -0.2) is 17.5 Å². The molecule has 0 amide bonds. The highest BCUT2D eigenvalue weighted by atomic mass is 79.9. The fourth-order valence-corrected chi connectivity index (χ4v) is 2.98. The molecule has 0 radical (unpaired) electrons. The highest BCUT2D eigenvalue weighted by Gasteiger charge is 2.14. The number of halogens is 2. The van der Waals surface area contributed by atoms with Crippen LogP contribution in [0.4, 0.5) is 10.1 Å². The summed E-state index contributed by atoms with van der Waals surface area (Å²) in [5.74, 6) is -0.421. The monoisotopic (exact) mass is 358 g/mol. The van der Waals surface area contributed by atoms with Crippen LogP contribution in [0.5, 0.6) is 0 Å². The van der Waals surface area contributed by atoms with Gasteiger partial charge in [-0.05, 0) is 48.0 Å². The fourth-order valence-electron chi connectivity index (χ4n) is 1.58. The maximum absolute atomic E-state index is 13.1. The van der Waals surface area contributed by atoms with E-state index in [0.29, 0.717) is 15.7 Å². The lowest BCUT2D eigenvalue weighted by atomic mass is 10.2. The van der Waals surface area contributed by atoms with Gasteiger partial charge in [-0.1, -0.05) is 15.9 Å². The average Bonchev–Trinajstić information content (AvgIpc) is 2.40. The standard InChI is InChI=1S/C13H12BrFN2O2S/c14-13-6-1-10(15)7-9(13)8-17-20(18,19)12-4-2-11(16)3-5-12/h1-7,17H,8,16H2. The molecule has 0 spiro atoms. The van der Waals surface area contributed by atoms with Crippen molar-refractivity contribution in [3.8, 4) is 0 Å². The van der Waals surface area contributed by atoms with E-state index in [-0.39, 0.29) is 11.4 Å². The first-order valence-electron chi connectivity index (χ1n) is 5.67. The lowest BCUT2D eigenvalue weighted by molar-refractivity contribution is 0.580. The Labute approximate surface area is 125 Å². The third-order valence-electron chi connectivity index (χ3n) is 2.65. The van der Waals surface area contributed by atoms with Crippen LogP contribution in [0.25, 0.3) is 0 Å². The number of benzene rings is 2. The van der Waals surface area contributed by atoms with Crippen LogP contribution in [0.2, 0.25) is 0 Å². The van der Waals surface area contributed by atoms with E-state index in [1.165, 1.54) is 42.5 Å². The summed E-state index contributed by atoms with van der Waals surface area (Å²) in [4.78, 5) is 0.110. The number of anilines is 1. The molecule has 20 heavy (non-hydrogen) atoms. The predicted molar refractivity (Wildman–Crippen MR) is 79.0 cm³/mol. The molecule has 0 atom stereocenters. The van der Waals surface area contributed by atoms with E-state index in [0.717, 1.165) is 0 Å². The van der Waals surface area contributed by atoms with Crippen LogP contribution in [0.1, 0.15) is 5.56 Å². The fraction of sp³-hybridized carbons (Fsp3) is 0.0769. The number of nitrogens with two attached hydrogens (primary N) is 1. The molecule has 0 saturated carbocycles. The van der Waals surface area contributed by atoms with E-state index in [1.807, 2.05) is 0 Å². The van der Waals surface area contributed by atoms with E-state index in [9.17, 15) is 12.8 Å². The van der Waals surface area contributed by atoms with E-state index in [4.69, 9.17) is 5.73 Å². The number of sulfonamides is 1. The lowest BCUT2D eigenvalue weighted by Crippen LogP contribution is -2.23. The summed E-state index contributed by atoms with van der Waals surface area (Å²) in [6, 6.07) is 9.94. The van der Waals surface area contributed by atoms with Crippen molar-refractivity contribution in [3.05, 3.63) is 58.3 Å². The topological polar surface area (TPSA) is 72.2 Å². The third kappa shape index (κ3) is 3.56. The molecule has 2 aromatic rings. The first-order chi connectivity index (χ1) is 9.38. The van der Waals surface area contributed by atoms with Gasteiger partial charge in [0.2, 0.25) is 10.0 Å². The van der Waals surface area contributed by atoms with Crippen LogP contribution in [0, 0.1) is 5.82 Å². The van der Waals surface area contributed by atoms with Crippen molar-refractivity contribution in [2.45, 2.75) is 11.4 Å². The summed E-state index contributed by atoms with van der Waals surface area (Å²) in [5.41, 5.74) is 6.51. The molecule has 0 aromatic heterocycles. The molecular formula is C13H12BrFN2O2S. The minimum atomic E-state index is -3.65. The Morgan fingerprint density at radius 2 is 1.80 bits per heavy atom. The number of nitrogen functional groups attached to an aromatic ring is 1. The molecule has 0 heterocycles.